The van der Waals surface area contributed by atoms with Crippen molar-refractivity contribution in [3.63, 3.8) is 0 Å². The molecule has 0 bridgehead atoms. The average molecular weight is 468 g/mol. The number of ketones is 1. The normalized spacial score (nSPS) is 12.3. The number of nitro benzene ring substituents is 1. The van der Waals surface area contributed by atoms with Gasteiger partial charge in [0.2, 0.25) is 5.78 Å². The highest BCUT2D eigenvalue weighted by atomic mass is 16.6. The van der Waals surface area contributed by atoms with Crippen LogP contribution in [0.15, 0.2) is 48.2 Å². The third-order valence-corrected chi connectivity index (χ3v) is 5.22. The van der Waals surface area contributed by atoms with Gasteiger partial charge < -0.3 is 15.3 Å². The molecule has 8 heteroatoms. The number of aromatic hydroxyl groups is 1. The molecule has 0 saturated heterocycles. The van der Waals surface area contributed by atoms with Gasteiger partial charge in [-0.2, -0.15) is 0 Å². The first-order valence-electron chi connectivity index (χ1n) is 10.9. The van der Waals surface area contributed by atoms with Crippen molar-refractivity contribution in [2.45, 2.75) is 52.4 Å². The third-order valence-electron chi connectivity index (χ3n) is 5.22. The van der Waals surface area contributed by atoms with Crippen LogP contribution < -0.4 is 5.32 Å². The topological polar surface area (TPSA) is 113 Å². The summed E-state index contributed by atoms with van der Waals surface area (Å²) in [5, 5.41) is 24.9. The van der Waals surface area contributed by atoms with Gasteiger partial charge in [0.15, 0.2) is 0 Å². The molecule has 0 aliphatic heterocycles. The van der Waals surface area contributed by atoms with E-state index in [1.165, 1.54) is 41.4 Å². The van der Waals surface area contributed by atoms with Gasteiger partial charge >= 0.3 is 0 Å². The van der Waals surface area contributed by atoms with Crippen molar-refractivity contribution in [2.24, 2.45) is 0 Å². The van der Waals surface area contributed by atoms with Gasteiger partial charge in [0.05, 0.1) is 4.92 Å². The van der Waals surface area contributed by atoms with E-state index < -0.39 is 16.6 Å². The summed E-state index contributed by atoms with van der Waals surface area (Å²) in [6.45, 7) is 11.9. The molecule has 2 aromatic rings. The zero-order valence-corrected chi connectivity index (χ0v) is 21.0. The van der Waals surface area contributed by atoms with Crippen LogP contribution in [0.4, 0.5) is 11.4 Å². The van der Waals surface area contributed by atoms with Gasteiger partial charge in [0.1, 0.15) is 16.9 Å². The zero-order chi connectivity index (χ0) is 26.0. The lowest BCUT2D eigenvalue weighted by Crippen LogP contribution is -2.26. The predicted molar refractivity (Wildman–Crippen MR) is 133 cm³/mol. The molecule has 0 aliphatic carbocycles. The molecule has 0 aliphatic rings. The van der Waals surface area contributed by atoms with Crippen LogP contribution in [0.5, 0.6) is 5.75 Å². The Morgan fingerprint density at radius 1 is 1.00 bits per heavy atom. The summed E-state index contributed by atoms with van der Waals surface area (Å²) in [6.07, 6.45) is 1.33. The zero-order valence-electron chi connectivity index (χ0n) is 21.0. The molecule has 0 atom stereocenters. The summed E-state index contributed by atoms with van der Waals surface area (Å²) in [4.78, 5) is 38.9. The molecule has 0 aromatic heterocycles. The summed E-state index contributed by atoms with van der Waals surface area (Å²) in [5.41, 5.74) is 0.336. The summed E-state index contributed by atoms with van der Waals surface area (Å²) < 4.78 is 0. The number of carbonyl (C=O) groups excluding carboxylic acids is 2. The van der Waals surface area contributed by atoms with Crippen LogP contribution in [-0.2, 0) is 15.6 Å². The smallest absolute Gasteiger partial charge is 0.280 e. The second kappa shape index (κ2) is 9.67. The number of nitro groups is 1. The minimum Gasteiger partial charge on any atom is -0.508 e. The van der Waals surface area contributed by atoms with Crippen LogP contribution >= 0.6 is 0 Å². The fourth-order valence-corrected chi connectivity index (χ4v) is 3.55. The van der Waals surface area contributed by atoms with Crippen molar-refractivity contribution in [3.8, 4) is 5.75 Å². The van der Waals surface area contributed by atoms with E-state index in [4.69, 9.17) is 0 Å². The highest BCUT2D eigenvalue weighted by Gasteiger charge is 2.30. The van der Waals surface area contributed by atoms with E-state index in [1.807, 2.05) is 47.6 Å². The SMILES string of the molecule is CN(C)/C=C(\C(=O)Nc1cc(O)c(C(C)(C)C)cc1C(C)(C)C)C(=O)c1ccccc1[N+](=O)[O-]. The molecule has 1 amide bonds. The van der Waals surface area contributed by atoms with Gasteiger partial charge in [0, 0.05) is 38.1 Å². The highest BCUT2D eigenvalue weighted by molar-refractivity contribution is 6.29. The Morgan fingerprint density at radius 2 is 1.56 bits per heavy atom. The fraction of sp³-hybridized carbons (Fsp3) is 0.385. The van der Waals surface area contributed by atoms with Gasteiger partial charge in [0.25, 0.3) is 11.6 Å². The largest absolute Gasteiger partial charge is 0.508 e. The Morgan fingerprint density at radius 3 is 2.06 bits per heavy atom. The van der Waals surface area contributed by atoms with Crippen molar-refractivity contribution in [1.29, 1.82) is 0 Å². The maximum absolute atomic E-state index is 13.3. The van der Waals surface area contributed by atoms with E-state index in [0.717, 1.165) is 11.1 Å². The van der Waals surface area contributed by atoms with Crippen LogP contribution in [-0.4, -0.2) is 40.7 Å². The number of rotatable bonds is 6. The maximum atomic E-state index is 13.3. The number of Topliss-reactive ketones (excluding diaryl/α,β-unsaturated/α-hetero) is 1. The van der Waals surface area contributed by atoms with Gasteiger partial charge in [-0.25, -0.2) is 0 Å². The van der Waals surface area contributed by atoms with Gasteiger partial charge in [-0.15, -0.1) is 0 Å². The number of nitrogens with one attached hydrogen (secondary N) is 1. The molecule has 34 heavy (non-hydrogen) atoms. The van der Waals surface area contributed by atoms with Crippen LogP contribution in [0.3, 0.4) is 0 Å². The maximum Gasteiger partial charge on any atom is 0.280 e. The van der Waals surface area contributed by atoms with E-state index in [2.05, 4.69) is 5.32 Å². The predicted octanol–water partition coefficient (Wildman–Crippen LogP) is 5.16. The number of anilines is 1. The van der Waals surface area contributed by atoms with Crippen LogP contribution in [0.25, 0.3) is 0 Å². The second-order valence-corrected chi connectivity index (χ2v) is 10.5. The summed E-state index contributed by atoms with van der Waals surface area (Å²) in [7, 11) is 3.29. The number of phenols is 1. The summed E-state index contributed by atoms with van der Waals surface area (Å²) in [5.74, 6) is -1.48. The quantitative estimate of drug-likeness (QED) is 0.151. The lowest BCUT2D eigenvalue weighted by Gasteiger charge is -2.28. The number of benzene rings is 2. The molecule has 0 spiro atoms. The number of amides is 1. The number of carbonyl (C=O) groups is 2. The van der Waals surface area contributed by atoms with Crippen molar-refractivity contribution in [3.05, 3.63) is 75.0 Å². The Hall–Kier alpha value is -3.68. The average Bonchev–Trinajstić information content (AvgIpc) is 2.69. The second-order valence-electron chi connectivity index (χ2n) is 10.5. The lowest BCUT2D eigenvalue weighted by atomic mass is 9.79. The number of hydrogen-bond acceptors (Lipinski definition) is 6. The standard InChI is InChI=1S/C26H33N3O5/c1-25(2,3)18-13-19(26(4,5)6)22(30)14-20(18)27-24(32)17(15-28(7)8)23(31)16-11-9-10-12-21(16)29(33)34/h9-15,30H,1-8H3,(H,27,32)/b17-15-. The Kier molecular flexibility index (Phi) is 7.56. The van der Waals surface area contributed by atoms with Gasteiger partial charge in [-0.1, -0.05) is 53.7 Å². The Balaban J connectivity index is 2.60. The van der Waals surface area contributed by atoms with Crippen LogP contribution in [0.2, 0.25) is 0 Å². The molecule has 182 valence electrons. The Bertz CT molecular complexity index is 1150. The molecule has 2 rings (SSSR count). The first-order valence-corrected chi connectivity index (χ1v) is 10.9. The minimum absolute atomic E-state index is 0.0268. The molecule has 2 aromatic carbocycles. The molecule has 2 N–H and O–H groups in total. The van der Waals surface area contributed by atoms with E-state index in [9.17, 15) is 24.8 Å². The first-order chi connectivity index (χ1) is 15.5. The minimum atomic E-state index is -0.772. The number of phenolic OH excluding ortho intramolecular Hbond substituents is 1. The molecule has 8 nitrogen and oxygen atoms in total. The molecule has 0 unspecified atom stereocenters. The third kappa shape index (κ3) is 6.01. The number of hydrogen-bond donors (Lipinski definition) is 2. The highest BCUT2D eigenvalue weighted by Crippen LogP contribution is 2.39. The summed E-state index contributed by atoms with van der Waals surface area (Å²) >= 11 is 0. The van der Waals surface area contributed by atoms with Crippen molar-refractivity contribution in [2.75, 3.05) is 19.4 Å². The van der Waals surface area contributed by atoms with Crippen LogP contribution in [0.1, 0.15) is 63.0 Å². The van der Waals surface area contributed by atoms with E-state index in [-0.39, 0.29) is 33.4 Å². The van der Waals surface area contributed by atoms with Gasteiger partial charge in [-0.3, -0.25) is 19.7 Å². The molecular weight excluding hydrogens is 434 g/mol. The molecule has 0 heterocycles. The van der Waals surface area contributed by atoms with Gasteiger partial charge in [-0.05, 0) is 34.1 Å². The monoisotopic (exact) mass is 467 g/mol. The molecule has 0 fully saturated rings. The fourth-order valence-electron chi connectivity index (χ4n) is 3.55. The van der Waals surface area contributed by atoms with Crippen molar-refractivity contribution in [1.82, 2.24) is 4.90 Å². The number of para-hydroxylation sites is 1. The molecular formula is C26H33N3O5. The van der Waals surface area contributed by atoms with Crippen LogP contribution in [0, 0.1) is 10.1 Å². The van der Waals surface area contributed by atoms with E-state index >= 15 is 0 Å². The summed E-state index contributed by atoms with van der Waals surface area (Å²) in [6, 6.07) is 8.86. The van der Waals surface area contributed by atoms with E-state index in [1.54, 1.807) is 14.1 Å². The van der Waals surface area contributed by atoms with Crippen molar-refractivity contribution >= 4 is 23.1 Å². The molecule has 0 saturated carbocycles. The lowest BCUT2D eigenvalue weighted by molar-refractivity contribution is -0.385. The molecule has 0 radical (unpaired) electrons. The van der Waals surface area contributed by atoms with E-state index in [0.29, 0.717) is 5.69 Å². The number of nitrogens with zero attached hydrogens (tertiary/aromatic N) is 2. The first kappa shape index (κ1) is 26.6. The Labute approximate surface area is 200 Å². The van der Waals surface area contributed by atoms with Crippen molar-refractivity contribution < 1.29 is 19.6 Å².